The van der Waals surface area contributed by atoms with Gasteiger partial charge < -0.3 is 4.74 Å². The van der Waals surface area contributed by atoms with Crippen LogP contribution in [0.5, 0.6) is 0 Å². The first-order valence-corrected chi connectivity index (χ1v) is 6.57. The van der Waals surface area contributed by atoms with Crippen molar-refractivity contribution in [3.8, 4) is 0 Å². The van der Waals surface area contributed by atoms with Crippen LogP contribution in [0.25, 0.3) is 0 Å². The van der Waals surface area contributed by atoms with E-state index in [9.17, 15) is 4.79 Å². The number of ether oxygens (including phenoxy) is 1. The number of halogens is 1. The van der Waals surface area contributed by atoms with Crippen LogP contribution >= 0.6 is 15.9 Å². The molecule has 0 unspecified atom stereocenters. The fraction of sp³-hybridized carbons (Fsp3) is 0.917. The second-order valence-corrected chi connectivity index (χ2v) is 6.51. The fourth-order valence-corrected chi connectivity index (χ4v) is 5.45. The van der Waals surface area contributed by atoms with Crippen LogP contribution in [0.4, 0.5) is 0 Å². The fourth-order valence-electron chi connectivity index (χ4n) is 3.67. The van der Waals surface area contributed by atoms with Gasteiger partial charge >= 0.3 is 5.97 Å². The van der Waals surface area contributed by atoms with Gasteiger partial charge in [0.05, 0.1) is 12.0 Å². The highest BCUT2D eigenvalue weighted by Gasteiger charge is 2.80. The average molecular weight is 275 g/mol. The van der Waals surface area contributed by atoms with Crippen LogP contribution in [0, 0.1) is 16.2 Å². The van der Waals surface area contributed by atoms with Crippen molar-refractivity contribution in [2.45, 2.75) is 45.4 Å². The molecule has 0 radical (unpaired) electrons. The molecule has 3 aliphatic rings. The van der Waals surface area contributed by atoms with E-state index in [1.54, 1.807) is 0 Å². The van der Waals surface area contributed by atoms with Crippen LogP contribution in [-0.4, -0.2) is 17.4 Å². The number of rotatable bonds is 2. The van der Waals surface area contributed by atoms with Crippen molar-refractivity contribution < 1.29 is 9.53 Å². The van der Waals surface area contributed by atoms with E-state index < -0.39 is 0 Å². The number of carbonyl (C=O) groups excluding carboxylic acids is 1. The Hall–Kier alpha value is -0.0500. The van der Waals surface area contributed by atoms with E-state index in [2.05, 4.69) is 36.7 Å². The lowest BCUT2D eigenvalue weighted by molar-refractivity contribution is -0.186. The quantitative estimate of drug-likeness (QED) is 0.571. The van der Waals surface area contributed by atoms with E-state index in [-0.39, 0.29) is 27.0 Å². The van der Waals surface area contributed by atoms with Crippen LogP contribution < -0.4 is 0 Å². The Bertz CT molecular complexity index is 313. The molecular formula is C12H19BrO2. The normalized spacial score (nSPS) is 46.1. The molecule has 0 heterocycles. The van der Waals surface area contributed by atoms with Crippen molar-refractivity contribution in [2.24, 2.45) is 16.2 Å². The van der Waals surface area contributed by atoms with Gasteiger partial charge in [0.1, 0.15) is 0 Å². The highest BCUT2D eigenvalue weighted by molar-refractivity contribution is 9.09. The van der Waals surface area contributed by atoms with Gasteiger partial charge in [0, 0.05) is 4.83 Å². The van der Waals surface area contributed by atoms with Crippen LogP contribution in [0.2, 0.25) is 0 Å². The van der Waals surface area contributed by atoms with Crippen LogP contribution in [0.1, 0.15) is 40.5 Å². The Labute approximate surface area is 99.9 Å². The Morgan fingerprint density at radius 3 is 2.33 bits per heavy atom. The summed E-state index contributed by atoms with van der Waals surface area (Å²) in [6.07, 6.45) is 2.08. The van der Waals surface area contributed by atoms with Crippen molar-refractivity contribution in [3.63, 3.8) is 0 Å². The Morgan fingerprint density at radius 2 is 2.00 bits per heavy atom. The summed E-state index contributed by atoms with van der Waals surface area (Å²) in [6.45, 7) is 9.03. The maximum Gasteiger partial charge on any atom is 0.313 e. The Balaban J connectivity index is 2.35. The molecule has 3 heteroatoms. The third kappa shape index (κ3) is 0.943. The van der Waals surface area contributed by atoms with E-state index in [1.165, 1.54) is 0 Å². The zero-order valence-electron chi connectivity index (χ0n) is 9.89. The number of carbonyl (C=O) groups is 1. The van der Waals surface area contributed by atoms with E-state index in [0.29, 0.717) is 6.61 Å². The number of hydrogen-bond acceptors (Lipinski definition) is 2. The lowest BCUT2D eigenvalue weighted by Gasteiger charge is -2.63. The van der Waals surface area contributed by atoms with Crippen molar-refractivity contribution in [1.82, 2.24) is 0 Å². The van der Waals surface area contributed by atoms with Gasteiger partial charge in [-0.15, -0.1) is 0 Å². The molecule has 3 atom stereocenters. The van der Waals surface area contributed by atoms with Gasteiger partial charge in [-0.2, -0.15) is 0 Å². The standard InChI is InChI=1S/C12H19BrO2/c1-5-15-9(14)12-7-6-11(4,8(12)13)10(12,2)3/h8H,5-7H2,1-4H3/t8-,11+,12-/m1/s1. The third-order valence-corrected chi connectivity index (χ3v) is 7.01. The van der Waals surface area contributed by atoms with Gasteiger partial charge in [-0.1, -0.05) is 36.7 Å². The predicted octanol–water partition coefficient (Wildman–Crippen LogP) is 3.14. The molecule has 3 saturated carbocycles. The summed E-state index contributed by atoms with van der Waals surface area (Å²) >= 11 is 3.71. The number of fused-ring (bicyclic) bond motifs is 1. The lowest BCUT2D eigenvalue weighted by atomic mass is 9.43. The minimum Gasteiger partial charge on any atom is -0.466 e. The zero-order chi connectivity index (χ0) is 11.5. The number of hydrogen-bond donors (Lipinski definition) is 0. The Morgan fingerprint density at radius 1 is 1.40 bits per heavy atom. The second kappa shape index (κ2) is 2.99. The van der Waals surface area contributed by atoms with Crippen molar-refractivity contribution in [2.75, 3.05) is 6.61 Å². The second-order valence-electron chi connectivity index (χ2n) is 5.60. The molecular weight excluding hydrogens is 256 g/mol. The summed E-state index contributed by atoms with van der Waals surface area (Å²) in [5.74, 6) is -0.00755. The molecule has 0 aromatic heterocycles. The summed E-state index contributed by atoms with van der Waals surface area (Å²) in [5, 5.41) is 0. The van der Waals surface area contributed by atoms with Gasteiger partial charge in [0.25, 0.3) is 0 Å². The molecule has 0 aromatic carbocycles. The monoisotopic (exact) mass is 274 g/mol. The molecule has 0 saturated heterocycles. The van der Waals surface area contributed by atoms with Crippen LogP contribution in [0.15, 0.2) is 0 Å². The molecule has 0 aromatic rings. The van der Waals surface area contributed by atoms with Gasteiger partial charge in [-0.25, -0.2) is 0 Å². The largest absolute Gasteiger partial charge is 0.466 e. The maximum atomic E-state index is 12.1. The van der Waals surface area contributed by atoms with E-state index in [1.807, 2.05) is 6.92 Å². The van der Waals surface area contributed by atoms with Gasteiger partial charge in [-0.3, -0.25) is 4.79 Å². The molecule has 15 heavy (non-hydrogen) atoms. The molecule has 3 aliphatic carbocycles. The molecule has 2 nitrogen and oxygen atoms in total. The summed E-state index contributed by atoms with van der Waals surface area (Å²) in [4.78, 5) is 12.4. The third-order valence-electron chi connectivity index (χ3n) is 5.21. The average Bonchev–Trinajstić information content (AvgIpc) is 2.55. The molecule has 86 valence electrons. The topological polar surface area (TPSA) is 26.3 Å². The number of alkyl halides is 1. The highest BCUT2D eigenvalue weighted by Crippen LogP contribution is 2.80. The van der Waals surface area contributed by atoms with E-state index in [4.69, 9.17) is 4.74 Å². The van der Waals surface area contributed by atoms with E-state index in [0.717, 1.165) is 12.8 Å². The molecule has 0 spiro atoms. The first-order chi connectivity index (χ1) is 6.84. The molecule has 3 rings (SSSR count). The predicted molar refractivity (Wildman–Crippen MR) is 62.9 cm³/mol. The summed E-state index contributed by atoms with van der Waals surface area (Å²) in [5.41, 5.74) is 0.0257. The lowest BCUT2D eigenvalue weighted by Crippen LogP contribution is -2.67. The minimum absolute atomic E-state index is 0.00755. The van der Waals surface area contributed by atoms with Crippen molar-refractivity contribution in [1.29, 1.82) is 0 Å². The smallest absolute Gasteiger partial charge is 0.313 e. The first kappa shape index (κ1) is 11.4. The summed E-state index contributed by atoms with van der Waals surface area (Å²) in [7, 11) is 0. The van der Waals surface area contributed by atoms with Gasteiger partial charge in [-0.05, 0) is 30.6 Å². The summed E-state index contributed by atoms with van der Waals surface area (Å²) < 4.78 is 5.25. The minimum atomic E-state index is -0.280. The highest BCUT2D eigenvalue weighted by atomic mass is 79.9. The SMILES string of the molecule is CCOC(=O)[C@@]12CC[C@@](C)([C@H]1Br)C2(C)C. The van der Waals surface area contributed by atoms with Crippen molar-refractivity contribution >= 4 is 21.9 Å². The zero-order valence-corrected chi connectivity index (χ0v) is 11.5. The van der Waals surface area contributed by atoms with Gasteiger partial charge in [0.15, 0.2) is 0 Å². The summed E-state index contributed by atoms with van der Waals surface area (Å²) in [6, 6.07) is 0. The van der Waals surface area contributed by atoms with E-state index >= 15 is 0 Å². The Kier molecular flexibility index (Phi) is 2.28. The maximum absolute atomic E-state index is 12.1. The molecule has 3 fully saturated rings. The molecule has 0 amide bonds. The van der Waals surface area contributed by atoms with Crippen LogP contribution in [0.3, 0.4) is 0 Å². The van der Waals surface area contributed by atoms with Crippen molar-refractivity contribution in [3.05, 3.63) is 0 Å². The number of esters is 1. The van der Waals surface area contributed by atoms with Gasteiger partial charge in [0.2, 0.25) is 0 Å². The first-order valence-electron chi connectivity index (χ1n) is 5.66. The molecule has 2 bridgehead atoms. The van der Waals surface area contributed by atoms with Crippen LogP contribution in [-0.2, 0) is 9.53 Å². The molecule has 0 aliphatic heterocycles. The molecule has 0 N–H and O–H groups in total.